The van der Waals surface area contributed by atoms with E-state index in [2.05, 4.69) is 17.4 Å². The summed E-state index contributed by atoms with van der Waals surface area (Å²) in [6, 6.07) is 15.4. The Balaban J connectivity index is 1.48. The Bertz CT molecular complexity index is 771. The molecule has 0 aromatic heterocycles. The lowest BCUT2D eigenvalue weighted by Crippen LogP contribution is -2.48. The fourth-order valence-corrected chi connectivity index (χ4v) is 3.60. The second kappa shape index (κ2) is 7.38. The van der Waals surface area contributed by atoms with Gasteiger partial charge in [-0.2, -0.15) is 0 Å². The quantitative estimate of drug-likeness (QED) is 0.867. The molecule has 0 unspecified atom stereocenters. The summed E-state index contributed by atoms with van der Waals surface area (Å²) < 4.78 is 11.1. The number of rotatable bonds is 5. The zero-order chi connectivity index (χ0) is 17.9. The van der Waals surface area contributed by atoms with E-state index < -0.39 is 0 Å². The van der Waals surface area contributed by atoms with Crippen LogP contribution in [0.1, 0.15) is 28.8 Å². The monoisotopic (exact) mass is 353 g/mol. The van der Waals surface area contributed by atoms with E-state index in [-0.39, 0.29) is 18.1 Å². The molecule has 2 aromatic carbocycles. The van der Waals surface area contributed by atoms with Crippen LogP contribution in [0.2, 0.25) is 0 Å². The number of benzene rings is 2. The van der Waals surface area contributed by atoms with Gasteiger partial charge in [0.15, 0.2) is 11.5 Å². The second-order valence-corrected chi connectivity index (χ2v) is 7.01. The third kappa shape index (κ3) is 3.68. The van der Waals surface area contributed by atoms with Gasteiger partial charge in [-0.3, -0.25) is 4.79 Å². The Morgan fingerprint density at radius 1 is 1.08 bits per heavy atom. The maximum absolute atomic E-state index is 12.8. The van der Waals surface area contributed by atoms with Crippen molar-refractivity contribution in [3.8, 4) is 11.5 Å². The van der Waals surface area contributed by atoms with Gasteiger partial charge in [-0.15, -0.1) is 0 Å². The number of carbonyl (C=O) groups is 1. The summed E-state index contributed by atoms with van der Waals surface area (Å²) in [5.41, 5.74) is 1.74. The summed E-state index contributed by atoms with van der Waals surface area (Å²) in [6.07, 6.45) is 1.98. The van der Waals surface area contributed by atoms with Crippen molar-refractivity contribution in [1.82, 2.24) is 5.32 Å². The van der Waals surface area contributed by atoms with Crippen LogP contribution in [0.15, 0.2) is 48.5 Å². The number of aliphatic hydroxyl groups is 1. The van der Waals surface area contributed by atoms with Crippen molar-refractivity contribution in [3.63, 3.8) is 0 Å². The first kappa shape index (κ1) is 16.9. The molecule has 5 nitrogen and oxygen atoms in total. The molecule has 2 aromatic rings. The van der Waals surface area contributed by atoms with E-state index in [4.69, 9.17) is 9.47 Å². The maximum Gasteiger partial charge on any atom is 0.251 e. The van der Waals surface area contributed by atoms with Gasteiger partial charge in [-0.25, -0.2) is 0 Å². The van der Waals surface area contributed by atoms with E-state index in [0.29, 0.717) is 36.2 Å². The van der Waals surface area contributed by atoms with E-state index in [0.717, 1.165) is 19.3 Å². The molecule has 1 fully saturated rings. The highest BCUT2D eigenvalue weighted by Gasteiger charge is 2.35. The number of nitrogens with one attached hydrogen (secondary N) is 1. The second-order valence-electron chi connectivity index (χ2n) is 7.01. The lowest BCUT2D eigenvalue weighted by molar-refractivity contribution is 0.0239. The van der Waals surface area contributed by atoms with Gasteiger partial charge in [0.25, 0.3) is 5.91 Å². The molecule has 1 saturated carbocycles. The van der Waals surface area contributed by atoms with Crippen molar-refractivity contribution >= 4 is 5.91 Å². The van der Waals surface area contributed by atoms with Crippen LogP contribution in [0.25, 0.3) is 0 Å². The topological polar surface area (TPSA) is 67.8 Å². The van der Waals surface area contributed by atoms with Crippen LogP contribution in [0, 0.1) is 5.92 Å². The van der Waals surface area contributed by atoms with Gasteiger partial charge in [0.2, 0.25) is 0 Å². The summed E-state index contributed by atoms with van der Waals surface area (Å²) >= 11 is 0. The zero-order valence-corrected chi connectivity index (χ0v) is 14.6. The van der Waals surface area contributed by atoms with Gasteiger partial charge in [0.1, 0.15) is 13.2 Å². The predicted molar refractivity (Wildman–Crippen MR) is 97.6 cm³/mol. The van der Waals surface area contributed by atoms with E-state index >= 15 is 0 Å². The summed E-state index contributed by atoms with van der Waals surface area (Å²) in [6.45, 7) is 1.02. The molecule has 5 heteroatoms. The lowest BCUT2D eigenvalue weighted by Gasteiger charge is -2.38. The fraction of sp³-hybridized carbons (Fsp3) is 0.381. The van der Waals surface area contributed by atoms with E-state index in [1.165, 1.54) is 5.56 Å². The number of aliphatic hydroxyl groups excluding tert-OH is 1. The van der Waals surface area contributed by atoms with Gasteiger partial charge >= 0.3 is 0 Å². The molecular formula is C21H23NO4. The molecule has 136 valence electrons. The predicted octanol–water partition coefficient (Wildman–Crippen LogP) is 2.57. The average Bonchev–Trinajstić information content (AvgIpc) is 2.65. The van der Waals surface area contributed by atoms with Crippen molar-refractivity contribution in [2.45, 2.75) is 31.4 Å². The Kier molecular flexibility index (Phi) is 4.80. The summed E-state index contributed by atoms with van der Waals surface area (Å²) in [7, 11) is 0. The van der Waals surface area contributed by atoms with Crippen molar-refractivity contribution in [2.24, 2.45) is 5.92 Å². The first-order valence-corrected chi connectivity index (χ1v) is 9.11. The highest BCUT2D eigenvalue weighted by atomic mass is 16.6. The standard InChI is InChI=1S/C21H23NO4/c23-17-11-16(12-17)18(10-14-4-2-1-3-5-14)22-21(24)15-6-7-19-20(13-15)26-9-8-25-19/h1-7,13,16-18,23H,8-12H2,(H,22,24)/t16?,17?,18-/m1/s1. The van der Waals surface area contributed by atoms with Gasteiger partial charge in [0.05, 0.1) is 6.10 Å². The van der Waals surface area contributed by atoms with Crippen LogP contribution < -0.4 is 14.8 Å². The number of hydrogen-bond acceptors (Lipinski definition) is 4. The molecule has 0 bridgehead atoms. The minimum Gasteiger partial charge on any atom is -0.486 e. The fourth-order valence-electron chi connectivity index (χ4n) is 3.60. The van der Waals surface area contributed by atoms with E-state index in [9.17, 15) is 9.90 Å². The number of amides is 1. The Morgan fingerprint density at radius 2 is 1.81 bits per heavy atom. The highest BCUT2D eigenvalue weighted by molar-refractivity contribution is 5.95. The van der Waals surface area contributed by atoms with Crippen LogP contribution in [0.4, 0.5) is 0 Å². The van der Waals surface area contributed by atoms with Crippen LogP contribution in [0.5, 0.6) is 11.5 Å². The molecule has 0 saturated heterocycles. The molecule has 26 heavy (non-hydrogen) atoms. The Labute approximate surface area is 152 Å². The molecule has 1 heterocycles. The summed E-state index contributed by atoms with van der Waals surface area (Å²) in [5.74, 6) is 1.47. The molecule has 1 aliphatic heterocycles. The Hall–Kier alpha value is -2.53. The van der Waals surface area contributed by atoms with Crippen LogP contribution in [-0.2, 0) is 6.42 Å². The number of hydrogen-bond donors (Lipinski definition) is 2. The average molecular weight is 353 g/mol. The molecule has 2 aliphatic rings. The van der Waals surface area contributed by atoms with Gasteiger partial charge in [-0.1, -0.05) is 30.3 Å². The third-order valence-electron chi connectivity index (χ3n) is 5.14. The van der Waals surface area contributed by atoms with E-state index in [1.807, 2.05) is 18.2 Å². The molecule has 1 amide bonds. The van der Waals surface area contributed by atoms with Crippen molar-refractivity contribution < 1.29 is 19.4 Å². The summed E-state index contributed by atoms with van der Waals surface area (Å²) in [4.78, 5) is 12.8. The first-order valence-electron chi connectivity index (χ1n) is 9.11. The zero-order valence-electron chi connectivity index (χ0n) is 14.6. The highest BCUT2D eigenvalue weighted by Crippen LogP contribution is 2.33. The number of carbonyl (C=O) groups excluding carboxylic acids is 1. The molecule has 0 spiro atoms. The SMILES string of the molecule is O=C(N[C@H](Cc1ccccc1)C1CC(O)C1)c1ccc2c(c1)OCCO2. The molecule has 1 atom stereocenters. The van der Waals surface area contributed by atoms with Gasteiger partial charge in [0, 0.05) is 11.6 Å². The molecule has 2 N–H and O–H groups in total. The maximum atomic E-state index is 12.8. The molecule has 1 aliphatic carbocycles. The number of fused-ring (bicyclic) bond motifs is 1. The van der Waals surface area contributed by atoms with Gasteiger partial charge in [-0.05, 0) is 48.9 Å². The summed E-state index contributed by atoms with van der Waals surface area (Å²) in [5, 5.41) is 12.8. The molecule has 4 rings (SSSR count). The Morgan fingerprint density at radius 3 is 2.54 bits per heavy atom. The minimum absolute atomic E-state index is 0.00139. The molecule has 0 radical (unpaired) electrons. The van der Waals surface area contributed by atoms with Crippen LogP contribution in [0.3, 0.4) is 0 Å². The largest absolute Gasteiger partial charge is 0.486 e. The van der Waals surface area contributed by atoms with E-state index in [1.54, 1.807) is 18.2 Å². The van der Waals surface area contributed by atoms with Gasteiger partial charge < -0.3 is 19.9 Å². The third-order valence-corrected chi connectivity index (χ3v) is 5.14. The first-order chi connectivity index (χ1) is 12.7. The normalized spacial score (nSPS) is 22.2. The molecular weight excluding hydrogens is 330 g/mol. The van der Waals surface area contributed by atoms with Crippen molar-refractivity contribution in [1.29, 1.82) is 0 Å². The van der Waals surface area contributed by atoms with Crippen molar-refractivity contribution in [2.75, 3.05) is 13.2 Å². The smallest absolute Gasteiger partial charge is 0.251 e. The number of ether oxygens (including phenoxy) is 2. The minimum atomic E-state index is -0.246. The lowest BCUT2D eigenvalue weighted by atomic mass is 9.75. The van der Waals surface area contributed by atoms with Crippen LogP contribution >= 0.6 is 0 Å². The van der Waals surface area contributed by atoms with Crippen LogP contribution in [-0.4, -0.2) is 36.4 Å². The van der Waals surface area contributed by atoms with Crippen molar-refractivity contribution in [3.05, 3.63) is 59.7 Å².